The van der Waals surface area contributed by atoms with Crippen LogP contribution >= 0.6 is 0 Å². The molecule has 0 saturated heterocycles. The maximum absolute atomic E-state index is 10.9. The van der Waals surface area contributed by atoms with Gasteiger partial charge in [-0.15, -0.1) is 0 Å². The van der Waals surface area contributed by atoms with E-state index in [1.807, 2.05) is 24.3 Å². The predicted octanol–water partition coefficient (Wildman–Crippen LogP) is 4.00. The van der Waals surface area contributed by atoms with Crippen molar-refractivity contribution >= 4 is 5.97 Å². The third kappa shape index (κ3) is 3.85. The van der Waals surface area contributed by atoms with Gasteiger partial charge in [0.2, 0.25) is 0 Å². The van der Waals surface area contributed by atoms with E-state index in [4.69, 9.17) is 9.84 Å². The number of carboxylic acid groups (broad SMARTS) is 1. The first-order chi connectivity index (χ1) is 12.1. The Balaban J connectivity index is 1.69. The number of benzene rings is 2. The Morgan fingerprint density at radius 3 is 2.44 bits per heavy atom. The molecule has 0 aromatic heterocycles. The normalized spacial score (nSPS) is 15.9. The van der Waals surface area contributed by atoms with Crippen LogP contribution in [0.1, 0.15) is 47.2 Å². The van der Waals surface area contributed by atoms with Crippen LogP contribution in [-0.4, -0.2) is 24.7 Å². The highest BCUT2D eigenvalue weighted by Crippen LogP contribution is 2.44. The molecule has 0 radical (unpaired) electrons. The fourth-order valence-corrected chi connectivity index (χ4v) is 3.89. The predicted molar refractivity (Wildman–Crippen MR) is 98.2 cm³/mol. The maximum atomic E-state index is 10.9. The molecule has 25 heavy (non-hydrogen) atoms. The van der Waals surface area contributed by atoms with Gasteiger partial charge in [0, 0.05) is 24.1 Å². The highest BCUT2D eigenvalue weighted by atomic mass is 16.5. The standard InChI is InChI=1S/C21H25NO3/c1-25-19-7-3-2-6-18(19)21(12-4-5-13-21)15-22-14-16-8-10-17(11-9-16)20(23)24/h2-3,6-11,22H,4-5,12-15H2,1H3,(H,23,24). The summed E-state index contributed by atoms with van der Waals surface area (Å²) in [6, 6.07) is 15.4. The Morgan fingerprint density at radius 2 is 1.80 bits per heavy atom. The summed E-state index contributed by atoms with van der Waals surface area (Å²) in [5, 5.41) is 12.6. The van der Waals surface area contributed by atoms with Gasteiger partial charge in [0.05, 0.1) is 12.7 Å². The third-order valence-corrected chi connectivity index (χ3v) is 5.23. The van der Waals surface area contributed by atoms with Gasteiger partial charge >= 0.3 is 5.97 Å². The van der Waals surface area contributed by atoms with Crippen molar-refractivity contribution < 1.29 is 14.6 Å². The number of para-hydroxylation sites is 1. The molecule has 1 aliphatic rings. The van der Waals surface area contributed by atoms with Crippen molar-refractivity contribution in [2.24, 2.45) is 0 Å². The van der Waals surface area contributed by atoms with Crippen molar-refractivity contribution in [3.8, 4) is 5.75 Å². The van der Waals surface area contributed by atoms with Crippen molar-refractivity contribution in [3.05, 3.63) is 65.2 Å². The Labute approximate surface area is 148 Å². The number of methoxy groups -OCH3 is 1. The van der Waals surface area contributed by atoms with Crippen LogP contribution in [0.5, 0.6) is 5.75 Å². The minimum absolute atomic E-state index is 0.119. The molecule has 0 amide bonds. The van der Waals surface area contributed by atoms with Gasteiger partial charge in [-0.25, -0.2) is 4.79 Å². The van der Waals surface area contributed by atoms with E-state index in [-0.39, 0.29) is 5.41 Å². The molecule has 0 bridgehead atoms. The molecule has 0 atom stereocenters. The molecule has 1 fully saturated rings. The fraction of sp³-hybridized carbons (Fsp3) is 0.381. The number of nitrogens with one attached hydrogen (secondary N) is 1. The van der Waals surface area contributed by atoms with Crippen molar-refractivity contribution in [1.82, 2.24) is 5.32 Å². The Kier molecular flexibility index (Phi) is 5.39. The second-order valence-electron chi connectivity index (χ2n) is 6.79. The molecule has 3 rings (SSSR count). The van der Waals surface area contributed by atoms with Crippen molar-refractivity contribution in [3.63, 3.8) is 0 Å². The van der Waals surface area contributed by atoms with Crippen LogP contribution in [0.4, 0.5) is 0 Å². The molecule has 132 valence electrons. The van der Waals surface area contributed by atoms with Gasteiger partial charge in [0.15, 0.2) is 0 Å². The van der Waals surface area contributed by atoms with Gasteiger partial charge in [-0.3, -0.25) is 0 Å². The molecule has 0 heterocycles. The van der Waals surface area contributed by atoms with E-state index < -0.39 is 5.97 Å². The quantitative estimate of drug-likeness (QED) is 0.801. The average molecular weight is 339 g/mol. The van der Waals surface area contributed by atoms with Crippen LogP contribution in [0, 0.1) is 0 Å². The van der Waals surface area contributed by atoms with Gasteiger partial charge in [-0.2, -0.15) is 0 Å². The lowest BCUT2D eigenvalue weighted by Crippen LogP contribution is -2.36. The molecule has 0 spiro atoms. The number of hydrogen-bond donors (Lipinski definition) is 2. The molecule has 1 aliphatic carbocycles. The number of ether oxygens (including phenoxy) is 1. The zero-order chi connectivity index (χ0) is 17.7. The molecule has 2 N–H and O–H groups in total. The highest BCUT2D eigenvalue weighted by Gasteiger charge is 2.37. The Morgan fingerprint density at radius 1 is 1.12 bits per heavy atom. The topological polar surface area (TPSA) is 58.6 Å². The van der Waals surface area contributed by atoms with Crippen molar-refractivity contribution in [1.29, 1.82) is 0 Å². The van der Waals surface area contributed by atoms with E-state index in [9.17, 15) is 4.79 Å². The van der Waals surface area contributed by atoms with Crippen molar-refractivity contribution in [2.45, 2.75) is 37.6 Å². The Hall–Kier alpha value is -2.33. The second kappa shape index (κ2) is 7.70. The lowest BCUT2D eigenvalue weighted by molar-refractivity contribution is 0.0697. The lowest BCUT2D eigenvalue weighted by Gasteiger charge is -2.31. The third-order valence-electron chi connectivity index (χ3n) is 5.23. The molecule has 4 heteroatoms. The minimum atomic E-state index is -0.888. The van der Waals surface area contributed by atoms with Crippen LogP contribution in [0.2, 0.25) is 0 Å². The summed E-state index contributed by atoms with van der Waals surface area (Å²) in [7, 11) is 1.74. The van der Waals surface area contributed by atoms with E-state index in [0.717, 1.165) is 24.4 Å². The molecule has 0 unspecified atom stereocenters. The van der Waals surface area contributed by atoms with E-state index in [0.29, 0.717) is 5.56 Å². The van der Waals surface area contributed by atoms with Crippen LogP contribution in [0.25, 0.3) is 0 Å². The van der Waals surface area contributed by atoms with Crippen LogP contribution < -0.4 is 10.1 Å². The first kappa shape index (κ1) is 17.5. The van der Waals surface area contributed by atoms with Gasteiger partial charge in [-0.1, -0.05) is 43.2 Å². The number of rotatable bonds is 7. The molecule has 2 aromatic carbocycles. The number of carbonyl (C=O) groups is 1. The second-order valence-corrected chi connectivity index (χ2v) is 6.79. The smallest absolute Gasteiger partial charge is 0.335 e. The lowest BCUT2D eigenvalue weighted by atomic mass is 9.78. The summed E-state index contributed by atoms with van der Waals surface area (Å²) in [6.07, 6.45) is 4.82. The van der Waals surface area contributed by atoms with E-state index >= 15 is 0 Å². The monoisotopic (exact) mass is 339 g/mol. The summed E-state index contributed by atoms with van der Waals surface area (Å²) in [5.41, 5.74) is 2.83. The molecular formula is C21H25NO3. The minimum Gasteiger partial charge on any atom is -0.496 e. The molecule has 0 aliphatic heterocycles. The number of carboxylic acids is 1. The van der Waals surface area contributed by atoms with E-state index in [1.54, 1.807) is 19.2 Å². The van der Waals surface area contributed by atoms with Crippen LogP contribution in [-0.2, 0) is 12.0 Å². The first-order valence-corrected chi connectivity index (χ1v) is 8.81. The average Bonchev–Trinajstić information content (AvgIpc) is 3.12. The number of aromatic carboxylic acids is 1. The molecular weight excluding hydrogens is 314 g/mol. The van der Waals surface area contributed by atoms with E-state index in [1.165, 1.54) is 31.2 Å². The summed E-state index contributed by atoms with van der Waals surface area (Å²) in [6.45, 7) is 1.63. The summed E-state index contributed by atoms with van der Waals surface area (Å²) in [4.78, 5) is 10.9. The maximum Gasteiger partial charge on any atom is 0.335 e. The Bertz CT molecular complexity index is 718. The van der Waals surface area contributed by atoms with Gasteiger partial charge in [0.25, 0.3) is 0 Å². The number of hydrogen-bond acceptors (Lipinski definition) is 3. The largest absolute Gasteiger partial charge is 0.496 e. The molecule has 1 saturated carbocycles. The van der Waals surface area contributed by atoms with Gasteiger partial charge in [-0.05, 0) is 36.6 Å². The van der Waals surface area contributed by atoms with Crippen LogP contribution in [0.3, 0.4) is 0 Å². The van der Waals surface area contributed by atoms with Gasteiger partial charge in [0.1, 0.15) is 5.75 Å². The fourth-order valence-electron chi connectivity index (χ4n) is 3.89. The zero-order valence-corrected chi connectivity index (χ0v) is 14.6. The molecule has 2 aromatic rings. The highest BCUT2D eigenvalue weighted by molar-refractivity contribution is 5.87. The van der Waals surface area contributed by atoms with Gasteiger partial charge < -0.3 is 15.2 Å². The zero-order valence-electron chi connectivity index (χ0n) is 14.6. The van der Waals surface area contributed by atoms with Crippen molar-refractivity contribution in [2.75, 3.05) is 13.7 Å². The summed E-state index contributed by atoms with van der Waals surface area (Å²) in [5.74, 6) is 0.0811. The first-order valence-electron chi connectivity index (χ1n) is 8.81. The van der Waals surface area contributed by atoms with Crippen LogP contribution in [0.15, 0.2) is 48.5 Å². The van der Waals surface area contributed by atoms with E-state index in [2.05, 4.69) is 17.4 Å². The summed E-state index contributed by atoms with van der Waals surface area (Å²) >= 11 is 0. The SMILES string of the molecule is COc1ccccc1C1(CNCc2ccc(C(=O)O)cc2)CCCC1. The molecule has 4 nitrogen and oxygen atoms in total. The summed E-state index contributed by atoms with van der Waals surface area (Å²) < 4.78 is 5.60.